The molecule has 0 radical (unpaired) electrons. The lowest BCUT2D eigenvalue weighted by Gasteiger charge is -2.24. The van der Waals surface area contributed by atoms with E-state index in [0.29, 0.717) is 6.54 Å². The summed E-state index contributed by atoms with van der Waals surface area (Å²) in [6.45, 7) is 5.20. The molecule has 1 aliphatic rings. The van der Waals surface area contributed by atoms with Crippen molar-refractivity contribution in [2.75, 3.05) is 13.1 Å². The van der Waals surface area contributed by atoms with Gasteiger partial charge in [0.2, 0.25) is 10.0 Å². The van der Waals surface area contributed by atoms with Crippen molar-refractivity contribution in [3.8, 4) is 0 Å². The van der Waals surface area contributed by atoms with E-state index < -0.39 is 10.0 Å². The zero-order valence-electron chi connectivity index (χ0n) is 10.6. The lowest BCUT2D eigenvalue weighted by Crippen LogP contribution is -2.44. The fraction of sp³-hybridized carbons (Fsp3) is 0.727. The van der Waals surface area contributed by atoms with Crippen LogP contribution in [0.15, 0.2) is 5.38 Å². The second kappa shape index (κ2) is 5.64. The monoisotopic (exact) mass is 289 g/mol. The van der Waals surface area contributed by atoms with E-state index in [2.05, 4.69) is 15.0 Å². The number of aromatic nitrogens is 1. The van der Waals surface area contributed by atoms with Crippen molar-refractivity contribution in [2.45, 2.75) is 38.0 Å². The maximum atomic E-state index is 12.2. The Balaban J connectivity index is 2.03. The normalized spacial score (nSPS) is 22.9. The molecule has 0 saturated carbocycles. The fourth-order valence-electron chi connectivity index (χ4n) is 2.05. The number of thiazole rings is 1. The zero-order valence-corrected chi connectivity index (χ0v) is 12.3. The van der Waals surface area contributed by atoms with Crippen molar-refractivity contribution >= 4 is 21.4 Å². The van der Waals surface area contributed by atoms with Gasteiger partial charge in [-0.05, 0) is 33.2 Å². The highest BCUT2D eigenvalue weighted by molar-refractivity contribution is 7.90. The molecule has 2 rings (SSSR count). The van der Waals surface area contributed by atoms with E-state index in [1.165, 1.54) is 11.3 Å². The predicted molar refractivity (Wildman–Crippen MR) is 73.2 cm³/mol. The molecular weight excluding hydrogens is 270 g/mol. The van der Waals surface area contributed by atoms with E-state index >= 15 is 0 Å². The van der Waals surface area contributed by atoms with Crippen LogP contribution >= 0.6 is 11.3 Å². The minimum absolute atomic E-state index is 0.254. The lowest BCUT2D eigenvalue weighted by molar-refractivity contribution is 0.485. The predicted octanol–water partition coefficient (Wildman–Crippen LogP) is 1.18. The number of hydrogen-bond acceptors (Lipinski definition) is 5. The van der Waals surface area contributed by atoms with Crippen molar-refractivity contribution in [1.82, 2.24) is 15.0 Å². The van der Waals surface area contributed by atoms with Gasteiger partial charge in [-0.1, -0.05) is 0 Å². The minimum Gasteiger partial charge on any atom is -0.315 e. The molecule has 1 fully saturated rings. The first-order chi connectivity index (χ1) is 8.49. The Morgan fingerprint density at radius 1 is 1.61 bits per heavy atom. The summed E-state index contributed by atoms with van der Waals surface area (Å²) in [6, 6.07) is -0.254. The Morgan fingerprint density at radius 3 is 2.94 bits per heavy atom. The molecule has 1 saturated heterocycles. The van der Waals surface area contributed by atoms with E-state index in [9.17, 15) is 8.42 Å². The number of rotatable bonds is 4. The number of aryl methyl sites for hydroxylation is 1. The van der Waals surface area contributed by atoms with Gasteiger partial charge in [0, 0.05) is 17.6 Å². The smallest absolute Gasteiger partial charge is 0.216 e. The molecule has 2 N–H and O–H groups in total. The van der Waals surface area contributed by atoms with Crippen molar-refractivity contribution in [3.63, 3.8) is 0 Å². The topological polar surface area (TPSA) is 71.1 Å². The third-order valence-corrected chi connectivity index (χ3v) is 6.15. The van der Waals surface area contributed by atoms with E-state index in [4.69, 9.17) is 0 Å². The quantitative estimate of drug-likeness (QED) is 0.873. The molecule has 1 aromatic rings. The summed E-state index contributed by atoms with van der Waals surface area (Å²) >= 11 is 1.49. The van der Waals surface area contributed by atoms with Gasteiger partial charge in [-0.25, -0.2) is 18.1 Å². The molecule has 2 atom stereocenters. The van der Waals surface area contributed by atoms with Gasteiger partial charge < -0.3 is 5.32 Å². The molecule has 18 heavy (non-hydrogen) atoms. The van der Waals surface area contributed by atoms with Crippen LogP contribution in [0.25, 0.3) is 0 Å². The van der Waals surface area contributed by atoms with Crippen LogP contribution in [-0.4, -0.2) is 31.7 Å². The third-order valence-electron chi connectivity index (χ3n) is 3.04. The van der Waals surface area contributed by atoms with Crippen LogP contribution in [0.2, 0.25) is 0 Å². The summed E-state index contributed by atoms with van der Waals surface area (Å²) in [5, 5.41) is 5.55. The molecule has 102 valence electrons. The molecule has 1 aromatic heterocycles. The highest BCUT2D eigenvalue weighted by atomic mass is 32.2. The zero-order chi connectivity index (χ0) is 13.2. The Morgan fingerprint density at radius 2 is 2.39 bits per heavy atom. The highest BCUT2D eigenvalue weighted by Crippen LogP contribution is 2.20. The molecular formula is C11H19N3O2S2. The van der Waals surface area contributed by atoms with Gasteiger partial charge in [-0.3, -0.25) is 0 Å². The van der Waals surface area contributed by atoms with Gasteiger partial charge in [0.05, 0.1) is 11.3 Å². The fourth-order valence-corrected chi connectivity index (χ4v) is 4.54. The lowest BCUT2D eigenvalue weighted by atomic mass is 10.2. The van der Waals surface area contributed by atoms with E-state index in [-0.39, 0.29) is 11.3 Å². The molecule has 0 amide bonds. The van der Waals surface area contributed by atoms with Crippen LogP contribution < -0.4 is 10.0 Å². The second-order valence-corrected chi connectivity index (χ2v) is 7.56. The molecule has 0 bridgehead atoms. The summed E-state index contributed by atoms with van der Waals surface area (Å²) in [7, 11) is -3.27. The molecule has 2 heterocycles. The summed E-state index contributed by atoms with van der Waals surface area (Å²) in [4.78, 5) is 4.32. The summed E-state index contributed by atoms with van der Waals surface area (Å²) in [5.41, 5.74) is 0.931. The SMILES string of the molecule is Cc1csc(C(C)NS(=O)(=O)C2CCCNC2)n1. The number of nitrogens with zero attached hydrogens (tertiary/aromatic N) is 1. The first kappa shape index (κ1) is 13.9. The highest BCUT2D eigenvalue weighted by Gasteiger charge is 2.29. The molecule has 0 aromatic carbocycles. The van der Waals surface area contributed by atoms with Crippen molar-refractivity contribution < 1.29 is 8.42 Å². The average Bonchev–Trinajstić information content (AvgIpc) is 2.77. The first-order valence-corrected chi connectivity index (χ1v) is 8.55. The number of piperidine rings is 1. The Labute approximate surface area is 112 Å². The Kier molecular flexibility index (Phi) is 4.37. The van der Waals surface area contributed by atoms with Crippen LogP contribution in [0.4, 0.5) is 0 Å². The minimum atomic E-state index is -3.27. The van der Waals surface area contributed by atoms with Crippen LogP contribution in [-0.2, 0) is 10.0 Å². The van der Waals surface area contributed by atoms with E-state index in [1.807, 2.05) is 19.2 Å². The Bertz CT molecular complexity index is 492. The number of sulfonamides is 1. The van der Waals surface area contributed by atoms with Gasteiger partial charge in [-0.2, -0.15) is 0 Å². The molecule has 5 nitrogen and oxygen atoms in total. The third kappa shape index (κ3) is 3.28. The standard InChI is InChI=1S/C11H19N3O2S2/c1-8-7-17-11(13-8)9(2)14-18(15,16)10-4-3-5-12-6-10/h7,9-10,12,14H,3-6H2,1-2H3. The van der Waals surface area contributed by atoms with Crippen LogP contribution in [0.3, 0.4) is 0 Å². The van der Waals surface area contributed by atoms with Crippen LogP contribution in [0, 0.1) is 6.92 Å². The van der Waals surface area contributed by atoms with E-state index in [1.54, 1.807) is 0 Å². The maximum Gasteiger partial charge on any atom is 0.216 e. The van der Waals surface area contributed by atoms with Crippen molar-refractivity contribution in [3.05, 3.63) is 16.1 Å². The first-order valence-electron chi connectivity index (χ1n) is 6.13. The van der Waals surface area contributed by atoms with Gasteiger partial charge in [0.1, 0.15) is 5.01 Å². The van der Waals surface area contributed by atoms with E-state index in [0.717, 1.165) is 30.1 Å². The molecule has 7 heteroatoms. The van der Waals surface area contributed by atoms with Gasteiger partial charge in [0.15, 0.2) is 0 Å². The van der Waals surface area contributed by atoms with Gasteiger partial charge >= 0.3 is 0 Å². The van der Waals surface area contributed by atoms with Crippen LogP contribution in [0.1, 0.15) is 36.5 Å². The summed E-state index contributed by atoms with van der Waals surface area (Å²) < 4.78 is 27.1. The molecule has 2 unspecified atom stereocenters. The van der Waals surface area contributed by atoms with Crippen molar-refractivity contribution in [2.24, 2.45) is 0 Å². The van der Waals surface area contributed by atoms with Gasteiger partial charge in [0.25, 0.3) is 0 Å². The molecule has 0 aliphatic carbocycles. The largest absolute Gasteiger partial charge is 0.315 e. The second-order valence-electron chi connectivity index (χ2n) is 4.68. The van der Waals surface area contributed by atoms with Crippen LogP contribution in [0.5, 0.6) is 0 Å². The number of hydrogen-bond donors (Lipinski definition) is 2. The van der Waals surface area contributed by atoms with Crippen molar-refractivity contribution in [1.29, 1.82) is 0 Å². The number of nitrogens with one attached hydrogen (secondary N) is 2. The Hall–Kier alpha value is -0.500. The summed E-state index contributed by atoms with van der Waals surface area (Å²) in [5.74, 6) is 0. The average molecular weight is 289 g/mol. The summed E-state index contributed by atoms with van der Waals surface area (Å²) in [6.07, 6.45) is 1.64. The maximum absolute atomic E-state index is 12.2. The molecule has 1 aliphatic heterocycles. The molecule has 0 spiro atoms. The van der Waals surface area contributed by atoms with Gasteiger partial charge in [-0.15, -0.1) is 11.3 Å².